The molecule has 0 atom stereocenters. The summed E-state index contributed by atoms with van der Waals surface area (Å²) in [5.74, 6) is 0.204. The van der Waals surface area contributed by atoms with Crippen LogP contribution in [0.2, 0.25) is 0 Å². The monoisotopic (exact) mass is 474 g/mol. The lowest BCUT2D eigenvalue weighted by molar-refractivity contribution is 0.286. The van der Waals surface area contributed by atoms with Gasteiger partial charge in [0.15, 0.2) is 11.5 Å². The van der Waals surface area contributed by atoms with Crippen LogP contribution in [0.3, 0.4) is 0 Å². The van der Waals surface area contributed by atoms with Crippen molar-refractivity contribution in [1.82, 2.24) is 24.8 Å². The number of benzene rings is 2. The molecule has 2 aromatic carbocycles. The number of fused-ring (bicyclic) bond motifs is 1. The number of aromatic amines is 1. The van der Waals surface area contributed by atoms with Gasteiger partial charge >= 0.3 is 11.7 Å². The number of nitrogens with one attached hydrogen (secondary N) is 2. The molecule has 4 rings (SSSR count). The lowest BCUT2D eigenvalue weighted by Gasteiger charge is -2.09. The van der Waals surface area contributed by atoms with Crippen molar-refractivity contribution in [2.45, 2.75) is 52.6 Å². The van der Waals surface area contributed by atoms with Gasteiger partial charge in [0.2, 0.25) is 0 Å². The van der Waals surface area contributed by atoms with Gasteiger partial charge in [0.25, 0.3) is 0 Å². The normalized spacial score (nSPS) is 11.3. The highest BCUT2D eigenvalue weighted by molar-refractivity contribution is 5.82. The molecule has 4 aromatic rings. The first-order valence-corrected chi connectivity index (χ1v) is 12.4. The van der Waals surface area contributed by atoms with Gasteiger partial charge in [-0.05, 0) is 47.7 Å². The van der Waals surface area contributed by atoms with Gasteiger partial charge in [-0.3, -0.25) is 4.57 Å². The molecule has 2 heterocycles. The first kappa shape index (κ1) is 24.5. The fourth-order valence-corrected chi connectivity index (χ4v) is 3.93. The summed E-state index contributed by atoms with van der Waals surface area (Å²) in [4.78, 5) is 24.2. The third-order valence-corrected chi connectivity index (χ3v) is 5.95. The smallest absolute Gasteiger partial charge is 0.328 e. The lowest BCUT2D eigenvalue weighted by Crippen LogP contribution is -2.18. The van der Waals surface area contributed by atoms with E-state index in [0.717, 1.165) is 42.6 Å². The van der Waals surface area contributed by atoms with Crippen molar-refractivity contribution in [2.24, 2.45) is 0 Å². The Balaban J connectivity index is 1.54. The van der Waals surface area contributed by atoms with E-state index in [0.29, 0.717) is 24.3 Å². The number of nitrogens with zero attached hydrogens (tertiary/aromatic N) is 3. The van der Waals surface area contributed by atoms with Crippen LogP contribution >= 0.6 is 0 Å². The highest BCUT2D eigenvalue weighted by atomic mass is 16.5. The summed E-state index contributed by atoms with van der Waals surface area (Å²) in [5, 5.41) is 3.47. The highest BCUT2D eigenvalue weighted by Gasteiger charge is 2.15. The zero-order valence-corrected chi connectivity index (χ0v) is 20.5. The molecule has 0 bridgehead atoms. The molecule has 0 aliphatic carbocycles. The predicted molar refractivity (Wildman–Crippen MR) is 141 cm³/mol. The van der Waals surface area contributed by atoms with Gasteiger partial charge in [-0.2, -0.15) is 9.97 Å². The average Bonchev–Trinajstić information content (AvgIpc) is 3.18. The van der Waals surface area contributed by atoms with E-state index in [4.69, 9.17) is 10.5 Å². The van der Waals surface area contributed by atoms with Crippen molar-refractivity contribution in [3.63, 3.8) is 0 Å². The summed E-state index contributed by atoms with van der Waals surface area (Å²) in [5.41, 5.74) is 11.1. The first-order valence-electron chi connectivity index (χ1n) is 12.4. The van der Waals surface area contributed by atoms with Gasteiger partial charge in [-0.1, -0.05) is 69.2 Å². The van der Waals surface area contributed by atoms with Gasteiger partial charge in [0.1, 0.15) is 5.52 Å². The molecule has 0 aliphatic rings. The van der Waals surface area contributed by atoms with Gasteiger partial charge < -0.3 is 20.8 Å². The number of unbranched alkanes of at least 4 members (excludes halogenated alkanes) is 2. The van der Waals surface area contributed by atoms with Crippen LogP contribution in [0.5, 0.6) is 6.01 Å². The van der Waals surface area contributed by atoms with Crippen molar-refractivity contribution >= 4 is 17.0 Å². The standard InChI is InChI=1S/C27H34N6O2/c1-3-5-14-29-17-19-10-12-21(13-11-19)22-9-7-8-20(16-22)18-33-25-23(30-27(33)34)24(28)31-26(32-25)35-15-6-4-2/h7-13,16,29H,3-6,14-15,17-18H2,1-2H3,(H,30,34)(H2,28,31,32). The van der Waals surface area contributed by atoms with Crippen LogP contribution in [0.25, 0.3) is 22.3 Å². The molecule has 0 amide bonds. The number of hydrogen-bond donors (Lipinski definition) is 3. The number of hydrogen-bond acceptors (Lipinski definition) is 6. The van der Waals surface area contributed by atoms with E-state index in [2.05, 4.69) is 70.5 Å². The molecule has 0 unspecified atom stereocenters. The second-order valence-corrected chi connectivity index (χ2v) is 8.74. The fraction of sp³-hybridized carbons (Fsp3) is 0.370. The minimum absolute atomic E-state index is 0.189. The quantitative estimate of drug-likeness (QED) is 0.261. The zero-order chi connectivity index (χ0) is 24.6. The molecule has 4 N–H and O–H groups in total. The van der Waals surface area contributed by atoms with Crippen molar-refractivity contribution in [2.75, 3.05) is 18.9 Å². The second kappa shape index (κ2) is 11.7. The van der Waals surface area contributed by atoms with Crippen molar-refractivity contribution < 1.29 is 4.74 Å². The van der Waals surface area contributed by atoms with E-state index in [9.17, 15) is 4.79 Å². The molecule has 184 valence electrons. The molecule has 35 heavy (non-hydrogen) atoms. The third kappa shape index (κ3) is 6.08. The average molecular weight is 475 g/mol. The number of ether oxygens (including phenoxy) is 1. The summed E-state index contributed by atoms with van der Waals surface area (Å²) >= 11 is 0. The van der Waals surface area contributed by atoms with Crippen LogP contribution in [0.15, 0.2) is 53.3 Å². The number of nitrogens with two attached hydrogens (primary N) is 1. The Morgan fingerprint density at radius 1 is 1.00 bits per heavy atom. The Morgan fingerprint density at radius 3 is 2.57 bits per heavy atom. The van der Waals surface area contributed by atoms with Crippen molar-refractivity contribution in [3.8, 4) is 17.1 Å². The van der Waals surface area contributed by atoms with E-state index in [1.54, 1.807) is 4.57 Å². The van der Waals surface area contributed by atoms with Gasteiger partial charge in [-0.25, -0.2) is 4.79 Å². The molecule has 8 heteroatoms. The molecule has 0 radical (unpaired) electrons. The van der Waals surface area contributed by atoms with Crippen molar-refractivity contribution in [3.05, 3.63) is 70.1 Å². The van der Waals surface area contributed by atoms with Crippen LogP contribution in [0.1, 0.15) is 50.7 Å². The van der Waals surface area contributed by atoms with Gasteiger partial charge in [0.05, 0.1) is 13.2 Å². The summed E-state index contributed by atoms with van der Waals surface area (Å²) in [6, 6.07) is 17.0. The molecule has 0 spiro atoms. The Bertz CT molecular complexity index is 1310. The van der Waals surface area contributed by atoms with Crippen LogP contribution < -0.4 is 21.5 Å². The van der Waals surface area contributed by atoms with E-state index >= 15 is 0 Å². The second-order valence-electron chi connectivity index (χ2n) is 8.74. The predicted octanol–water partition coefficient (Wildman–Crippen LogP) is 4.49. The van der Waals surface area contributed by atoms with Crippen LogP contribution in [0, 0.1) is 0 Å². The highest BCUT2D eigenvalue weighted by Crippen LogP contribution is 2.23. The number of anilines is 1. The Morgan fingerprint density at radius 2 is 1.80 bits per heavy atom. The van der Waals surface area contributed by atoms with Crippen molar-refractivity contribution in [1.29, 1.82) is 0 Å². The van der Waals surface area contributed by atoms with E-state index in [-0.39, 0.29) is 17.5 Å². The maximum atomic E-state index is 12.7. The molecule has 2 aromatic heterocycles. The molecule has 0 saturated carbocycles. The topological polar surface area (TPSA) is 111 Å². The van der Waals surface area contributed by atoms with Crippen LogP contribution in [0.4, 0.5) is 5.82 Å². The minimum Gasteiger partial charge on any atom is -0.463 e. The molecular weight excluding hydrogens is 440 g/mol. The molecular formula is C27H34N6O2. The lowest BCUT2D eigenvalue weighted by atomic mass is 10.0. The number of aromatic nitrogens is 4. The summed E-state index contributed by atoms with van der Waals surface area (Å²) in [7, 11) is 0. The summed E-state index contributed by atoms with van der Waals surface area (Å²) in [6.45, 7) is 7.06. The van der Waals surface area contributed by atoms with Gasteiger partial charge in [-0.15, -0.1) is 0 Å². The number of H-pyrrole nitrogens is 1. The minimum atomic E-state index is -0.281. The number of nitrogen functional groups attached to an aromatic ring is 1. The zero-order valence-electron chi connectivity index (χ0n) is 20.5. The largest absolute Gasteiger partial charge is 0.463 e. The number of imidazole rings is 1. The molecule has 0 saturated heterocycles. The maximum absolute atomic E-state index is 12.7. The molecule has 0 aliphatic heterocycles. The Hall–Kier alpha value is -3.65. The number of rotatable bonds is 12. The Kier molecular flexibility index (Phi) is 8.15. The van der Waals surface area contributed by atoms with Crippen LogP contribution in [-0.4, -0.2) is 32.7 Å². The van der Waals surface area contributed by atoms with E-state index < -0.39 is 0 Å². The van der Waals surface area contributed by atoms with E-state index in [1.807, 2.05) is 12.1 Å². The third-order valence-electron chi connectivity index (χ3n) is 5.95. The maximum Gasteiger partial charge on any atom is 0.328 e. The molecule has 0 fully saturated rings. The first-order chi connectivity index (χ1) is 17.1. The van der Waals surface area contributed by atoms with E-state index in [1.165, 1.54) is 18.4 Å². The fourth-order valence-electron chi connectivity index (χ4n) is 3.93. The summed E-state index contributed by atoms with van der Waals surface area (Å²) in [6.07, 6.45) is 4.28. The SMILES string of the molecule is CCCCNCc1ccc(-c2cccc(Cn3c(=O)[nH]c4c(N)nc(OCCCC)nc43)c2)cc1. The molecule has 8 nitrogen and oxygen atoms in total. The van der Waals surface area contributed by atoms with Gasteiger partial charge in [0, 0.05) is 6.54 Å². The summed E-state index contributed by atoms with van der Waals surface area (Å²) < 4.78 is 7.21. The van der Waals surface area contributed by atoms with Crippen LogP contribution in [-0.2, 0) is 13.1 Å². The Labute approximate surface area is 205 Å².